The molecule has 0 aromatic heterocycles. The molecule has 0 aliphatic carbocycles. The highest BCUT2D eigenvalue weighted by molar-refractivity contribution is 5.54. The number of nitrogens with zero attached hydrogens (tertiary/aromatic N) is 1. The average molecular weight is 260 g/mol. The second kappa shape index (κ2) is 5.41. The fourth-order valence-electron chi connectivity index (χ4n) is 3.95. The van der Waals surface area contributed by atoms with Gasteiger partial charge in [0, 0.05) is 23.8 Å². The number of anilines is 1. The molecule has 3 heteroatoms. The summed E-state index contributed by atoms with van der Waals surface area (Å²) in [5.74, 6) is 1.80. The van der Waals surface area contributed by atoms with Gasteiger partial charge >= 0.3 is 0 Å². The third kappa shape index (κ3) is 2.44. The zero-order chi connectivity index (χ0) is 13.2. The summed E-state index contributed by atoms with van der Waals surface area (Å²) in [6.45, 7) is 0.837. The number of benzene rings is 1. The lowest BCUT2D eigenvalue weighted by Gasteiger charge is -2.40. The highest BCUT2D eigenvalue weighted by atomic mass is 16.5. The Hall–Kier alpha value is -1.22. The van der Waals surface area contributed by atoms with E-state index < -0.39 is 0 Å². The van der Waals surface area contributed by atoms with E-state index >= 15 is 0 Å². The molecule has 1 aromatic carbocycles. The van der Waals surface area contributed by atoms with Crippen molar-refractivity contribution in [3.8, 4) is 5.75 Å². The molecule has 0 radical (unpaired) electrons. The third-order valence-electron chi connectivity index (χ3n) is 4.76. The Morgan fingerprint density at radius 3 is 2.63 bits per heavy atom. The Balaban J connectivity index is 1.79. The van der Waals surface area contributed by atoms with Crippen LogP contribution in [0.4, 0.5) is 5.69 Å². The van der Waals surface area contributed by atoms with Crippen molar-refractivity contribution in [1.82, 2.24) is 0 Å². The summed E-state index contributed by atoms with van der Waals surface area (Å²) in [5, 5.41) is 0. The van der Waals surface area contributed by atoms with Gasteiger partial charge in [0.05, 0.1) is 7.11 Å². The topological polar surface area (TPSA) is 38.5 Å². The SMILES string of the molecule is COc1cccc(N2C3CCC2CC(CCN)C3)c1. The van der Waals surface area contributed by atoms with Gasteiger partial charge in [0.2, 0.25) is 0 Å². The third-order valence-corrected chi connectivity index (χ3v) is 4.76. The number of ether oxygens (including phenoxy) is 1. The van der Waals surface area contributed by atoms with Crippen LogP contribution in [-0.2, 0) is 0 Å². The van der Waals surface area contributed by atoms with Gasteiger partial charge in [-0.15, -0.1) is 0 Å². The van der Waals surface area contributed by atoms with Crippen LogP contribution in [-0.4, -0.2) is 25.7 Å². The van der Waals surface area contributed by atoms with E-state index in [1.807, 2.05) is 6.07 Å². The maximum absolute atomic E-state index is 5.72. The normalized spacial score (nSPS) is 29.6. The highest BCUT2D eigenvalue weighted by Gasteiger charge is 2.40. The second-order valence-electron chi connectivity index (χ2n) is 5.91. The van der Waals surface area contributed by atoms with E-state index in [-0.39, 0.29) is 0 Å². The predicted octanol–water partition coefficient (Wildman–Crippen LogP) is 2.79. The molecule has 2 heterocycles. The molecule has 0 amide bonds. The van der Waals surface area contributed by atoms with Gasteiger partial charge in [-0.2, -0.15) is 0 Å². The van der Waals surface area contributed by atoms with Crippen LogP contribution in [0.3, 0.4) is 0 Å². The van der Waals surface area contributed by atoms with E-state index in [0.29, 0.717) is 12.1 Å². The quantitative estimate of drug-likeness (QED) is 0.904. The van der Waals surface area contributed by atoms with Crippen LogP contribution in [0.2, 0.25) is 0 Å². The molecule has 2 saturated heterocycles. The van der Waals surface area contributed by atoms with Gasteiger partial charge in [0.25, 0.3) is 0 Å². The Kier molecular flexibility index (Phi) is 3.65. The van der Waals surface area contributed by atoms with Gasteiger partial charge < -0.3 is 15.4 Å². The first-order valence-electron chi connectivity index (χ1n) is 7.44. The molecule has 2 aliphatic rings. The van der Waals surface area contributed by atoms with Crippen molar-refractivity contribution in [3.05, 3.63) is 24.3 Å². The van der Waals surface area contributed by atoms with Crippen molar-refractivity contribution >= 4 is 5.69 Å². The van der Waals surface area contributed by atoms with E-state index in [0.717, 1.165) is 18.2 Å². The van der Waals surface area contributed by atoms with Gasteiger partial charge in [0.15, 0.2) is 0 Å². The van der Waals surface area contributed by atoms with Crippen LogP contribution >= 0.6 is 0 Å². The molecular weight excluding hydrogens is 236 g/mol. The maximum Gasteiger partial charge on any atom is 0.120 e. The van der Waals surface area contributed by atoms with E-state index in [1.165, 1.54) is 37.8 Å². The number of hydrogen-bond donors (Lipinski definition) is 1. The Bertz CT molecular complexity index is 421. The lowest BCUT2D eigenvalue weighted by atomic mass is 9.88. The van der Waals surface area contributed by atoms with Gasteiger partial charge in [-0.1, -0.05) is 6.07 Å². The predicted molar refractivity (Wildman–Crippen MR) is 78.7 cm³/mol. The van der Waals surface area contributed by atoms with Crippen LogP contribution < -0.4 is 15.4 Å². The van der Waals surface area contributed by atoms with Gasteiger partial charge in [0.1, 0.15) is 5.75 Å². The summed E-state index contributed by atoms with van der Waals surface area (Å²) in [4.78, 5) is 2.63. The van der Waals surface area contributed by atoms with Crippen LogP contribution in [0.1, 0.15) is 32.1 Å². The Morgan fingerprint density at radius 2 is 2.00 bits per heavy atom. The average Bonchev–Trinajstić information content (AvgIpc) is 2.71. The van der Waals surface area contributed by atoms with E-state index in [2.05, 4.69) is 23.1 Å². The first-order chi connectivity index (χ1) is 9.31. The zero-order valence-corrected chi connectivity index (χ0v) is 11.7. The van der Waals surface area contributed by atoms with Crippen molar-refractivity contribution in [2.75, 3.05) is 18.6 Å². The summed E-state index contributed by atoms with van der Waals surface area (Å²) in [6.07, 6.45) is 6.49. The molecule has 2 aliphatic heterocycles. The molecule has 3 rings (SSSR count). The molecule has 2 bridgehead atoms. The minimum atomic E-state index is 0.711. The van der Waals surface area contributed by atoms with Crippen molar-refractivity contribution in [2.45, 2.75) is 44.2 Å². The Labute approximate surface area is 115 Å². The number of hydrogen-bond acceptors (Lipinski definition) is 3. The summed E-state index contributed by atoms with van der Waals surface area (Å²) >= 11 is 0. The van der Waals surface area contributed by atoms with Crippen LogP contribution in [0.15, 0.2) is 24.3 Å². The first-order valence-corrected chi connectivity index (χ1v) is 7.44. The van der Waals surface area contributed by atoms with Crippen LogP contribution in [0.25, 0.3) is 0 Å². The maximum atomic E-state index is 5.72. The largest absolute Gasteiger partial charge is 0.497 e. The van der Waals surface area contributed by atoms with E-state index in [1.54, 1.807) is 7.11 Å². The van der Waals surface area contributed by atoms with Gasteiger partial charge in [-0.05, 0) is 56.7 Å². The molecule has 2 atom stereocenters. The van der Waals surface area contributed by atoms with Crippen molar-refractivity contribution in [1.29, 1.82) is 0 Å². The monoisotopic (exact) mass is 260 g/mol. The summed E-state index contributed by atoms with van der Waals surface area (Å²) in [5.41, 5.74) is 7.06. The van der Waals surface area contributed by atoms with Gasteiger partial charge in [-0.25, -0.2) is 0 Å². The standard InChI is InChI=1S/C16H24N2O/c1-19-16-4-2-3-13(11-16)18-14-5-6-15(18)10-12(9-14)7-8-17/h2-4,11-12,14-15H,5-10,17H2,1H3. The molecule has 2 unspecified atom stereocenters. The summed E-state index contributed by atoms with van der Waals surface area (Å²) in [6, 6.07) is 9.93. The summed E-state index contributed by atoms with van der Waals surface area (Å²) in [7, 11) is 1.74. The number of piperidine rings is 1. The fraction of sp³-hybridized carbons (Fsp3) is 0.625. The molecule has 1 aromatic rings. The molecule has 0 saturated carbocycles. The number of methoxy groups -OCH3 is 1. The molecule has 104 valence electrons. The lowest BCUT2D eigenvalue weighted by molar-refractivity contribution is 0.325. The minimum Gasteiger partial charge on any atom is -0.497 e. The second-order valence-corrected chi connectivity index (χ2v) is 5.91. The van der Waals surface area contributed by atoms with E-state index in [4.69, 9.17) is 10.5 Å². The van der Waals surface area contributed by atoms with Crippen molar-refractivity contribution in [2.24, 2.45) is 11.7 Å². The van der Waals surface area contributed by atoms with Gasteiger partial charge in [-0.3, -0.25) is 0 Å². The molecule has 2 fully saturated rings. The van der Waals surface area contributed by atoms with Crippen molar-refractivity contribution in [3.63, 3.8) is 0 Å². The molecule has 19 heavy (non-hydrogen) atoms. The lowest BCUT2D eigenvalue weighted by Crippen LogP contribution is -2.43. The molecule has 3 nitrogen and oxygen atoms in total. The summed E-state index contributed by atoms with van der Waals surface area (Å²) < 4.78 is 5.35. The van der Waals surface area contributed by atoms with Crippen LogP contribution in [0.5, 0.6) is 5.75 Å². The first kappa shape index (κ1) is 12.8. The zero-order valence-electron chi connectivity index (χ0n) is 11.7. The number of fused-ring (bicyclic) bond motifs is 2. The van der Waals surface area contributed by atoms with Crippen LogP contribution in [0, 0.1) is 5.92 Å². The molecule has 2 N–H and O–H groups in total. The minimum absolute atomic E-state index is 0.711. The Morgan fingerprint density at radius 1 is 1.26 bits per heavy atom. The smallest absolute Gasteiger partial charge is 0.120 e. The highest BCUT2D eigenvalue weighted by Crippen LogP contribution is 2.43. The molecular formula is C16H24N2O. The fourth-order valence-corrected chi connectivity index (χ4v) is 3.95. The van der Waals surface area contributed by atoms with E-state index in [9.17, 15) is 0 Å². The molecule has 0 spiro atoms. The number of rotatable bonds is 4. The van der Waals surface area contributed by atoms with Crippen molar-refractivity contribution < 1.29 is 4.74 Å². The number of nitrogens with two attached hydrogens (primary N) is 1.